The van der Waals surface area contributed by atoms with E-state index in [1.165, 1.54) is 38.2 Å². The second kappa shape index (κ2) is 11.1. The Bertz CT molecular complexity index is 1190. The number of nitro benzene ring substituents is 2. The second-order valence-electron chi connectivity index (χ2n) is 6.66. The van der Waals surface area contributed by atoms with Gasteiger partial charge < -0.3 is 19.7 Å². The highest BCUT2D eigenvalue weighted by atomic mass is 79.9. The number of esters is 1. The molecule has 1 N–H and O–H groups in total. The Kier molecular flexibility index (Phi) is 8.55. The topological polar surface area (TPSA) is 179 Å². The molecule has 0 atom stereocenters. The number of nitrogens with zero attached hydrogens (tertiary/aromatic N) is 5. The lowest BCUT2D eigenvalue weighted by Crippen LogP contribution is -2.26. The number of carbonyl (C=O) groups excluding carboxylic acids is 2. The Balaban J connectivity index is 2.63. The highest BCUT2D eigenvalue weighted by Crippen LogP contribution is 2.42. The van der Waals surface area contributed by atoms with Gasteiger partial charge in [0, 0.05) is 26.1 Å². The summed E-state index contributed by atoms with van der Waals surface area (Å²) in [7, 11) is 4.22. The van der Waals surface area contributed by atoms with Gasteiger partial charge in [-0.1, -0.05) is 0 Å². The smallest absolute Gasteiger partial charge is 0.325 e. The normalized spacial score (nSPS) is 10.6. The highest BCUT2D eigenvalue weighted by molar-refractivity contribution is 9.10. The number of methoxy groups -OCH3 is 2. The van der Waals surface area contributed by atoms with Gasteiger partial charge in [-0.25, -0.2) is 0 Å². The van der Waals surface area contributed by atoms with Crippen molar-refractivity contribution < 1.29 is 28.9 Å². The van der Waals surface area contributed by atoms with E-state index < -0.39 is 33.1 Å². The van der Waals surface area contributed by atoms with Crippen LogP contribution in [0.5, 0.6) is 5.75 Å². The fourth-order valence-electron chi connectivity index (χ4n) is 2.75. The molecule has 2 aromatic rings. The van der Waals surface area contributed by atoms with Gasteiger partial charge in [0.1, 0.15) is 18.0 Å². The number of benzene rings is 2. The van der Waals surface area contributed by atoms with E-state index in [9.17, 15) is 29.8 Å². The standard InChI is InChI=1S/C19H19BrN6O8/c1-10(27)21-13-7-15(24(2)9-18(28)34-4)17(33-3)8-14(13)22-23-19-12(20)5-11(25(29)30)6-16(19)26(31)32/h5-8H,9H2,1-4H3,(H,21,27). The quantitative estimate of drug-likeness (QED) is 0.211. The SMILES string of the molecule is COC(=O)CN(C)c1cc(NC(C)=O)c(N=Nc2c(Br)cc([N+](=O)[O-])cc2[N+](=O)[O-])cc1OC. The van der Waals surface area contributed by atoms with Crippen LogP contribution in [0, 0.1) is 20.2 Å². The maximum atomic E-state index is 11.7. The molecule has 0 unspecified atom stereocenters. The van der Waals surface area contributed by atoms with E-state index in [-0.39, 0.29) is 33.8 Å². The van der Waals surface area contributed by atoms with Crippen molar-refractivity contribution >= 4 is 61.9 Å². The van der Waals surface area contributed by atoms with Crippen molar-refractivity contribution in [1.82, 2.24) is 0 Å². The molecule has 0 aliphatic rings. The predicted molar refractivity (Wildman–Crippen MR) is 124 cm³/mol. The molecular formula is C19H19BrN6O8. The van der Waals surface area contributed by atoms with Crippen LogP contribution >= 0.6 is 15.9 Å². The molecule has 0 fully saturated rings. The molecule has 2 aromatic carbocycles. The number of hydrogen-bond acceptors (Lipinski definition) is 11. The second-order valence-corrected chi connectivity index (χ2v) is 7.52. The number of azo groups is 1. The highest BCUT2D eigenvalue weighted by Gasteiger charge is 2.24. The van der Waals surface area contributed by atoms with Crippen LogP contribution in [0.15, 0.2) is 39.0 Å². The van der Waals surface area contributed by atoms with Crippen LogP contribution in [0.2, 0.25) is 0 Å². The lowest BCUT2D eigenvalue weighted by atomic mass is 10.2. The van der Waals surface area contributed by atoms with Crippen molar-refractivity contribution in [3.05, 3.63) is 49.0 Å². The molecule has 34 heavy (non-hydrogen) atoms. The molecule has 0 heterocycles. The van der Waals surface area contributed by atoms with Crippen LogP contribution in [-0.2, 0) is 14.3 Å². The van der Waals surface area contributed by atoms with E-state index in [0.29, 0.717) is 5.69 Å². The average molecular weight is 539 g/mol. The van der Waals surface area contributed by atoms with Crippen LogP contribution in [-0.4, -0.2) is 49.5 Å². The van der Waals surface area contributed by atoms with Crippen molar-refractivity contribution in [2.45, 2.75) is 6.92 Å². The Morgan fingerprint density at radius 3 is 2.32 bits per heavy atom. The van der Waals surface area contributed by atoms with Crippen LogP contribution in [0.3, 0.4) is 0 Å². The first-order valence-electron chi connectivity index (χ1n) is 9.30. The van der Waals surface area contributed by atoms with Gasteiger partial charge in [-0.05, 0) is 22.0 Å². The van der Waals surface area contributed by atoms with Gasteiger partial charge in [0.2, 0.25) is 5.91 Å². The third kappa shape index (κ3) is 6.22. The molecule has 0 bridgehead atoms. The van der Waals surface area contributed by atoms with E-state index in [4.69, 9.17) is 4.74 Å². The first-order chi connectivity index (χ1) is 16.0. The number of halogens is 1. The zero-order valence-corrected chi connectivity index (χ0v) is 20.0. The summed E-state index contributed by atoms with van der Waals surface area (Å²) >= 11 is 3.05. The molecule has 15 heteroatoms. The number of ether oxygens (including phenoxy) is 2. The van der Waals surface area contributed by atoms with Crippen molar-refractivity contribution in [3.63, 3.8) is 0 Å². The number of amides is 1. The van der Waals surface area contributed by atoms with Crippen molar-refractivity contribution in [3.8, 4) is 5.75 Å². The summed E-state index contributed by atoms with van der Waals surface area (Å²) in [5.74, 6) is -0.692. The van der Waals surface area contributed by atoms with E-state index >= 15 is 0 Å². The Morgan fingerprint density at radius 1 is 1.12 bits per heavy atom. The number of nitro groups is 2. The average Bonchev–Trinajstić information content (AvgIpc) is 2.77. The summed E-state index contributed by atoms with van der Waals surface area (Å²) in [6.45, 7) is 1.15. The number of anilines is 2. The summed E-state index contributed by atoms with van der Waals surface area (Å²) in [5.41, 5.74) is -0.761. The van der Waals surface area contributed by atoms with Gasteiger partial charge in [-0.15, -0.1) is 10.2 Å². The molecule has 0 spiro atoms. The van der Waals surface area contributed by atoms with Gasteiger partial charge in [-0.3, -0.25) is 29.8 Å². The largest absolute Gasteiger partial charge is 0.494 e. The van der Waals surface area contributed by atoms with Gasteiger partial charge in [0.25, 0.3) is 5.69 Å². The fourth-order valence-corrected chi connectivity index (χ4v) is 3.27. The molecule has 0 aliphatic heterocycles. The number of non-ortho nitro benzene ring substituents is 1. The molecule has 14 nitrogen and oxygen atoms in total. The Hall–Kier alpha value is -4.14. The van der Waals surface area contributed by atoms with Gasteiger partial charge >= 0.3 is 11.7 Å². The van der Waals surface area contributed by atoms with Crippen LogP contribution in [0.25, 0.3) is 0 Å². The third-order valence-electron chi connectivity index (χ3n) is 4.31. The first kappa shape index (κ1) is 26.1. The molecule has 0 saturated heterocycles. The van der Waals surface area contributed by atoms with Crippen molar-refractivity contribution in [2.75, 3.05) is 38.0 Å². The number of carbonyl (C=O) groups is 2. The summed E-state index contributed by atoms with van der Waals surface area (Å²) in [4.78, 5) is 45.8. The molecule has 0 aromatic heterocycles. The monoisotopic (exact) mass is 538 g/mol. The van der Waals surface area contributed by atoms with Crippen LogP contribution in [0.1, 0.15) is 6.92 Å². The minimum absolute atomic E-state index is 0.0281. The van der Waals surface area contributed by atoms with Gasteiger partial charge in [0.15, 0.2) is 5.69 Å². The maximum absolute atomic E-state index is 11.7. The molecule has 180 valence electrons. The van der Waals surface area contributed by atoms with Gasteiger partial charge in [0.05, 0.1) is 46.0 Å². The minimum atomic E-state index is -0.827. The summed E-state index contributed by atoms with van der Waals surface area (Å²) < 4.78 is 9.99. The van der Waals surface area contributed by atoms with E-state index in [0.717, 1.165) is 12.1 Å². The molecule has 0 saturated carbocycles. The zero-order valence-electron chi connectivity index (χ0n) is 18.4. The number of hydrogen-bond donors (Lipinski definition) is 1. The number of rotatable bonds is 9. The minimum Gasteiger partial charge on any atom is -0.494 e. The Labute approximate surface area is 201 Å². The van der Waals surface area contributed by atoms with E-state index in [1.54, 1.807) is 7.05 Å². The molecule has 0 aliphatic carbocycles. The van der Waals surface area contributed by atoms with Crippen LogP contribution in [0.4, 0.5) is 34.1 Å². The number of likely N-dealkylation sites (N-methyl/N-ethyl adjacent to an activating group) is 1. The molecule has 1 amide bonds. The third-order valence-corrected chi connectivity index (χ3v) is 4.91. The maximum Gasteiger partial charge on any atom is 0.325 e. The van der Waals surface area contributed by atoms with Gasteiger partial charge in [-0.2, -0.15) is 0 Å². The van der Waals surface area contributed by atoms with E-state index in [1.807, 2.05) is 0 Å². The summed E-state index contributed by atoms with van der Waals surface area (Å²) in [6, 6.07) is 4.71. The van der Waals surface area contributed by atoms with Crippen molar-refractivity contribution in [1.29, 1.82) is 0 Å². The summed E-state index contributed by atoms with van der Waals surface area (Å²) in [5, 5.41) is 33.0. The lowest BCUT2D eigenvalue weighted by molar-refractivity contribution is -0.393. The van der Waals surface area contributed by atoms with E-state index in [2.05, 4.69) is 36.2 Å². The molecule has 0 radical (unpaired) electrons. The van der Waals surface area contributed by atoms with Crippen LogP contribution < -0.4 is 15.0 Å². The Morgan fingerprint density at radius 2 is 1.79 bits per heavy atom. The van der Waals surface area contributed by atoms with Crippen molar-refractivity contribution in [2.24, 2.45) is 10.2 Å². The zero-order chi connectivity index (χ0) is 25.6. The lowest BCUT2D eigenvalue weighted by Gasteiger charge is -2.22. The molecule has 2 rings (SSSR count). The molecular weight excluding hydrogens is 520 g/mol. The predicted octanol–water partition coefficient (Wildman–Crippen LogP) is 4.26. The fraction of sp³-hybridized carbons (Fsp3) is 0.263. The first-order valence-corrected chi connectivity index (χ1v) is 10.1. The summed E-state index contributed by atoms with van der Waals surface area (Å²) in [6.07, 6.45) is 0. The number of nitrogens with one attached hydrogen (secondary N) is 1.